The van der Waals surface area contributed by atoms with Crippen LogP contribution in [0.4, 0.5) is 0 Å². The number of hydroxylamine groups is 1. The third-order valence-electron chi connectivity index (χ3n) is 4.61. The van der Waals surface area contributed by atoms with Crippen LogP contribution in [-0.4, -0.2) is 34.1 Å². The van der Waals surface area contributed by atoms with Gasteiger partial charge in [-0.25, -0.2) is 5.48 Å². The minimum Gasteiger partial charge on any atom is -0.481 e. The average molecular weight is 387 g/mol. The number of unbranched alkanes of at least 4 members (excludes halogenated alkanes) is 6. The molecule has 0 bridgehead atoms. The molecule has 158 valence electrons. The highest BCUT2D eigenvalue weighted by Crippen LogP contribution is 2.17. The minimum atomic E-state index is -0.976. The Balaban J connectivity index is 4.46. The summed E-state index contributed by atoms with van der Waals surface area (Å²) >= 11 is 0. The Bertz CT molecular complexity index is 440. The van der Waals surface area contributed by atoms with Gasteiger partial charge in [0.2, 0.25) is 11.8 Å². The fraction of sp³-hybridized carbons (Fsp3) is 0.850. The molecule has 0 aromatic heterocycles. The predicted octanol–water partition coefficient (Wildman–Crippen LogP) is 3.64. The molecular weight excluding hydrogens is 348 g/mol. The molecule has 2 unspecified atom stereocenters. The van der Waals surface area contributed by atoms with Crippen LogP contribution in [-0.2, 0) is 14.4 Å². The molecule has 0 aromatic rings. The summed E-state index contributed by atoms with van der Waals surface area (Å²) in [6.45, 7) is 6.01. The maximum Gasteiger partial charge on any atom is 0.307 e. The molecule has 7 nitrogen and oxygen atoms in total. The van der Waals surface area contributed by atoms with E-state index >= 15 is 0 Å². The van der Waals surface area contributed by atoms with Crippen LogP contribution in [0.25, 0.3) is 0 Å². The molecular formula is C20H38N2O5. The molecule has 0 saturated carbocycles. The third kappa shape index (κ3) is 14.1. The van der Waals surface area contributed by atoms with Crippen molar-refractivity contribution >= 4 is 17.8 Å². The second-order valence-corrected chi connectivity index (χ2v) is 7.78. The SMILES string of the molecule is CCCCCCCCCC(CC(=O)NO)NC(=O)CC(CC(C)C)C(=O)O. The van der Waals surface area contributed by atoms with E-state index in [1.54, 1.807) is 5.48 Å². The Morgan fingerprint density at radius 3 is 2.00 bits per heavy atom. The van der Waals surface area contributed by atoms with Crippen LogP contribution >= 0.6 is 0 Å². The van der Waals surface area contributed by atoms with Crippen molar-refractivity contribution in [2.45, 2.75) is 97.4 Å². The van der Waals surface area contributed by atoms with Crippen LogP contribution in [0.15, 0.2) is 0 Å². The Morgan fingerprint density at radius 2 is 1.48 bits per heavy atom. The fourth-order valence-corrected chi connectivity index (χ4v) is 3.19. The topological polar surface area (TPSA) is 116 Å². The number of carboxylic acid groups (broad SMARTS) is 1. The van der Waals surface area contributed by atoms with Gasteiger partial charge in [0.15, 0.2) is 0 Å². The molecule has 27 heavy (non-hydrogen) atoms. The highest BCUT2D eigenvalue weighted by atomic mass is 16.5. The number of aliphatic carboxylic acids is 1. The van der Waals surface area contributed by atoms with E-state index in [1.807, 2.05) is 13.8 Å². The van der Waals surface area contributed by atoms with Crippen LogP contribution in [0.5, 0.6) is 0 Å². The van der Waals surface area contributed by atoms with Crippen LogP contribution in [0.2, 0.25) is 0 Å². The Hall–Kier alpha value is -1.63. The summed E-state index contributed by atoms with van der Waals surface area (Å²) < 4.78 is 0. The first kappa shape index (κ1) is 25.4. The molecule has 0 aromatic carbocycles. The summed E-state index contributed by atoms with van der Waals surface area (Å²) in [4.78, 5) is 35.1. The number of rotatable bonds is 16. The Morgan fingerprint density at radius 1 is 0.889 bits per heavy atom. The van der Waals surface area contributed by atoms with Gasteiger partial charge in [0.25, 0.3) is 0 Å². The van der Waals surface area contributed by atoms with Crippen molar-refractivity contribution in [3.63, 3.8) is 0 Å². The summed E-state index contributed by atoms with van der Waals surface area (Å²) in [5.41, 5.74) is 1.59. The van der Waals surface area contributed by atoms with Crippen molar-refractivity contribution in [1.29, 1.82) is 0 Å². The van der Waals surface area contributed by atoms with Crippen molar-refractivity contribution in [2.75, 3.05) is 0 Å². The van der Waals surface area contributed by atoms with E-state index in [0.717, 1.165) is 19.3 Å². The van der Waals surface area contributed by atoms with Gasteiger partial charge in [-0.1, -0.05) is 65.7 Å². The quantitative estimate of drug-likeness (QED) is 0.184. The van der Waals surface area contributed by atoms with Gasteiger partial charge in [0.05, 0.1) is 5.92 Å². The van der Waals surface area contributed by atoms with Crippen molar-refractivity contribution in [2.24, 2.45) is 11.8 Å². The molecule has 0 fully saturated rings. The van der Waals surface area contributed by atoms with Crippen LogP contribution < -0.4 is 10.8 Å². The van der Waals surface area contributed by atoms with Crippen LogP contribution in [0.3, 0.4) is 0 Å². The lowest BCUT2D eigenvalue weighted by Crippen LogP contribution is -2.40. The predicted molar refractivity (Wildman–Crippen MR) is 104 cm³/mol. The van der Waals surface area contributed by atoms with Gasteiger partial charge in [-0.15, -0.1) is 0 Å². The molecule has 0 aliphatic heterocycles. The summed E-state index contributed by atoms with van der Waals surface area (Å²) in [6.07, 6.45) is 8.87. The van der Waals surface area contributed by atoms with Crippen molar-refractivity contribution < 1.29 is 24.7 Å². The van der Waals surface area contributed by atoms with Crippen LogP contribution in [0.1, 0.15) is 91.4 Å². The van der Waals surface area contributed by atoms with Gasteiger partial charge in [-0.05, 0) is 18.8 Å². The number of carbonyl (C=O) groups excluding carboxylic acids is 2. The molecule has 0 heterocycles. The Labute approximate surface area is 163 Å². The molecule has 0 aliphatic carbocycles. The van der Waals surface area contributed by atoms with Gasteiger partial charge in [-0.3, -0.25) is 19.6 Å². The zero-order chi connectivity index (χ0) is 20.7. The van der Waals surface area contributed by atoms with Gasteiger partial charge >= 0.3 is 5.97 Å². The van der Waals surface area contributed by atoms with E-state index in [0.29, 0.717) is 12.8 Å². The highest BCUT2D eigenvalue weighted by Gasteiger charge is 2.24. The highest BCUT2D eigenvalue weighted by molar-refractivity contribution is 5.83. The zero-order valence-corrected chi connectivity index (χ0v) is 17.1. The summed E-state index contributed by atoms with van der Waals surface area (Å²) in [7, 11) is 0. The second kappa shape index (κ2) is 15.4. The molecule has 0 saturated heterocycles. The lowest BCUT2D eigenvalue weighted by Gasteiger charge is -2.20. The van der Waals surface area contributed by atoms with E-state index in [9.17, 15) is 19.5 Å². The molecule has 0 aliphatic rings. The maximum absolute atomic E-state index is 12.3. The van der Waals surface area contributed by atoms with Crippen LogP contribution in [0, 0.1) is 11.8 Å². The van der Waals surface area contributed by atoms with Crippen molar-refractivity contribution in [1.82, 2.24) is 10.8 Å². The monoisotopic (exact) mass is 386 g/mol. The molecule has 0 spiro atoms. The van der Waals surface area contributed by atoms with E-state index in [1.165, 1.54) is 25.7 Å². The number of amides is 2. The van der Waals surface area contributed by atoms with Crippen molar-refractivity contribution in [3.8, 4) is 0 Å². The van der Waals surface area contributed by atoms with Crippen molar-refractivity contribution in [3.05, 3.63) is 0 Å². The maximum atomic E-state index is 12.3. The summed E-state index contributed by atoms with van der Waals surface area (Å²) in [5, 5.41) is 20.8. The number of carbonyl (C=O) groups is 3. The average Bonchev–Trinajstić information content (AvgIpc) is 2.59. The second-order valence-electron chi connectivity index (χ2n) is 7.78. The smallest absolute Gasteiger partial charge is 0.307 e. The van der Waals surface area contributed by atoms with Gasteiger partial charge in [0.1, 0.15) is 0 Å². The van der Waals surface area contributed by atoms with Gasteiger partial charge in [0, 0.05) is 18.9 Å². The lowest BCUT2D eigenvalue weighted by molar-refractivity contribution is -0.144. The van der Waals surface area contributed by atoms with E-state index < -0.39 is 23.8 Å². The molecule has 0 radical (unpaired) electrons. The largest absolute Gasteiger partial charge is 0.481 e. The minimum absolute atomic E-state index is 0.0139. The molecule has 2 atom stereocenters. The third-order valence-corrected chi connectivity index (χ3v) is 4.61. The first-order chi connectivity index (χ1) is 12.8. The summed E-state index contributed by atoms with van der Waals surface area (Å²) in [5.74, 6) is -2.43. The van der Waals surface area contributed by atoms with E-state index in [-0.39, 0.29) is 24.7 Å². The zero-order valence-electron chi connectivity index (χ0n) is 17.1. The molecule has 7 heteroatoms. The van der Waals surface area contributed by atoms with E-state index in [2.05, 4.69) is 12.2 Å². The number of hydrogen-bond donors (Lipinski definition) is 4. The number of nitrogens with one attached hydrogen (secondary N) is 2. The van der Waals surface area contributed by atoms with Gasteiger partial charge < -0.3 is 10.4 Å². The fourth-order valence-electron chi connectivity index (χ4n) is 3.19. The van der Waals surface area contributed by atoms with E-state index in [4.69, 9.17) is 5.21 Å². The first-order valence-corrected chi connectivity index (χ1v) is 10.2. The molecule has 0 rings (SSSR count). The first-order valence-electron chi connectivity index (χ1n) is 10.2. The number of carboxylic acids is 1. The number of hydrogen-bond acceptors (Lipinski definition) is 4. The molecule has 4 N–H and O–H groups in total. The standard InChI is InChI=1S/C20H38N2O5/c1-4-5-6-7-8-9-10-11-17(14-19(24)22-27)21-18(23)13-16(20(25)26)12-15(2)3/h15-17,27H,4-14H2,1-3H3,(H,21,23)(H,22,24)(H,25,26). The Kier molecular flexibility index (Phi) is 14.5. The summed E-state index contributed by atoms with van der Waals surface area (Å²) in [6, 6.07) is -0.395. The van der Waals surface area contributed by atoms with Gasteiger partial charge in [-0.2, -0.15) is 0 Å². The lowest BCUT2D eigenvalue weighted by atomic mass is 9.93. The normalized spacial score (nSPS) is 13.2. The molecule has 2 amide bonds.